The minimum absolute atomic E-state index is 0.128. The molecule has 0 heterocycles. The van der Waals surface area contributed by atoms with Crippen LogP contribution >= 0.6 is 0 Å². The number of aliphatic hydroxyl groups is 1. The Morgan fingerprint density at radius 1 is 1.50 bits per heavy atom. The predicted molar refractivity (Wildman–Crippen MR) is 29.3 cm³/mol. The van der Waals surface area contributed by atoms with Gasteiger partial charge in [-0.1, -0.05) is 0 Å². The third kappa shape index (κ3) is 5.88. The molecule has 0 spiro atoms. The van der Waals surface area contributed by atoms with E-state index in [0.717, 1.165) is 0 Å². The van der Waals surface area contributed by atoms with Gasteiger partial charge in [-0.15, -0.1) is 0 Å². The van der Waals surface area contributed by atoms with Crippen LogP contribution in [-0.4, -0.2) is 24.8 Å². The van der Waals surface area contributed by atoms with Crippen LogP contribution in [0.1, 0.15) is 13.8 Å². The molecule has 0 aliphatic rings. The van der Waals surface area contributed by atoms with E-state index in [4.69, 9.17) is 9.84 Å². The van der Waals surface area contributed by atoms with Crippen molar-refractivity contribution in [3.63, 3.8) is 0 Å². The van der Waals surface area contributed by atoms with Crippen LogP contribution < -0.4 is 0 Å². The molecule has 50 valence electrons. The minimum Gasteiger partial charge on any atom is -0.366 e. The molecule has 0 aromatic rings. The zero-order valence-corrected chi connectivity index (χ0v) is 5.47. The Balaban J connectivity index is 3.11. The molecule has 0 atom stereocenters. The molecule has 0 bridgehead atoms. The fourth-order valence-corrected chi connectivity index (χ4v) is 0.203. The van der Waals surface area contributed by atoms with Crippen molar-refractivity contribution in [1.82, 2.24) is 0 Å². The van der Waals surface area contributed by atoms with E-state index in [1.807, 2.05) is 0 Å². The van der Waals surface area contributed by atoms with Gasteiger partial charge in [0.15, 0.2) is 5.79 Å². The van der Waals surface area contributed by atoms with E-state index in [1.54, 1.807) is 13.8 Å². The van der Waals surface area contributed by atoms with Crippen molar-refractivity contribution in [2.75, 3.05) is 13.9 Å². The first kappa shape index (κ1) is 7.88. The topological polar surface area (TPSA) is 38.7 Å². The molecule has 0 aromatic carbocycles. The summed E-state index contributed by atoms with van der Waals surface area (Å²) in [5.74, 6) is -1.07. The lowest BCUT2D eigenvalue weighted by atomic mass is 10.4. The van der Waals surface area contributed by atoms with Crippen LogP contribution in [0, 0.1) is 0 Å². The predicted octanol–water partition coefficient (Wildman–Crippen LogP) is 0.335. The minimum atomic E-state index is -1.07. The number of rotatable bonds is 3. The van der Waals surface area contributed by atoms with Crippen LogP contribution in [0.25, 0.3) is 0 Å². The van der Waals surface area contributed by atoms with Crippen molar-refractivity contribution in [2.24, 2.45) is 0 Å². The van der Waals surface area contributed by atoms with Gasteiger partial charge in [-0.05, 0) is 13.8 Å². The van der Waals surface area contributed by atoms with Gasteiger partial charge in [0.2, 0.25) is 0 Å². The maximum atomic E-state index is 8.85. The number of hydrogen-bond donors (Lipinski definition) is 1. The van der Waals surface area contributed by atoms with Gasteiger partial charge in [-0.25, -0.2) is 0 Å². The normalized spacial score (nSPS) is 12.0. The van der Waals surface area contributed by atoms with E-state index < -0.39 is 5.79 Å². The Morgan fingerprint density at radius 3 is 2.12 bits per heavy atom. The second kappa shape index (κ2) is 3.02. The van der Waals surface area contributed by atoms with Crippen molar-refractivity contribution in [3.8, 4) is 0 Å². The Kier molecular flexibility index (Phi) is 2.97. The summed E-state index contributed by atoms with van der Waals surface area (Å²) in [6.07, 6.45) is 0. The highest BCUT2D eigenvalue weighted by molar-refractivity contribution is 4.43. The Labute approximate surface area is 49.2 Å². The standard InChI is InChI=1S/C5H12O3/c1-5(2,6)8-4-7-3/h6H,4H2,1-3H3. The smallest absolute Gasteiger partial charge is 0.162 e. The molecule has 0 saturated carbocycles. The molecule has 8 heavy (non-hydrogen) atoms. The van der Waals surface area contributed by atoms with Gasteiger partial charge in [-0.3, -0.25) is 0 Å². The molecule has 3 nitrogen and oxygen atoms in total. The van der Waals surface area contributed by atoms with E-state index >= 15 is 0 Å². The van der Waals surface area contributed by atoms with Crippen molar-refractivity contribution >= 4 is 0 Å². The summed E-state index contributed by atoms with van der Waals surface area (Å²) in [6.45, 7) is 3.22. The average molecular weight is 120 g/mol. The lowest BCUT2D eigenvalue weighted by molar-refractivity contribution is -0.220. The van der Waals surface area contributed by atoms with E-state index in [1.165, 1.54) is 7.11 Å². The maximum absolute atomic E-state index is 8.85. The molecule has 0 aliphatic carbocycles. The van der Waals surface area contributed by atoms with Crippen molar-refractivity contribution in [1.29, 1.82) is 0 Å². The monoisotopic (exact) mass is 120 g/mol. The number of ether oxygens (including phenoxy) is 2. The fourth-order valence-electron chi connectivity index (χ4n) is 0.203. The number of methoxy groups -OCH3 is 1. The van der Waals surface area contributed by atoms with Crippen LogP contribution in [0.5, 0.6) is 0 Å². The molecule has 0 radical (unpaired) electrons. The first-order chi connectivity index (χ1) is 3.56. The first-order valence-electron chi connectivity index (χ1n) is 2.41. The van der Waals surface area contributed by atoms with Crippen molar-refractivity contribution in [3.05, 3.63) is 0 Å². The van der Waals surface area contributed by atoms with Gasteiger partial charge in [0.1, 0.15) is 6.79 Å². The Hall–Kier alpha value is -0.120. The van der Waals surface area contributed by atoms with Gasteiger partial charge >= 0.3 is 0 Å². The number of hydrogen-bond acceptors (Lipinski definition) is 3. The maximum Gasteiger partial charge on any atom is 0.162 e. The van der Waals surface area contributed by atoms with Gasteiger partial charge < -0.3 is 14.6 Å². The molecule has 0 saturated heterocycles. The molecular formula is C5H12O3. The molecule has 0 fully saturated rings. The molecule has 0 aliphatic heterocycles. The average Bonchev–Trinajstić information content (AvgIpc) is 1.59. The summed E-state index contributed by atoms with van der Waals surface area (Å²) >= 11 is 0. The summed E-state index contributed by atoms with van der Waals surface area (Å²) < 4.78 is 9.25. The highest BCUT2D eigenvalue weighted by atomic mass is 16.7. The first-order valence-corrected chi connectivity index (χ1v) is 2.41. The van der Waals surface area contributed by atoms with Crippen LogP contribution in [0.3, 0.4) is 0 Å². The fraction of sp³-hybridized carbons (Fsp3) is 1.00. The summed E-state index contributed by atoms with van der Waals surface area (Å²) in [6, 6.07) is 0. The third-order valence-electron chi connectivity index (χ3n) is 0.530. The van der Waals surface area contributed by atoms with Crippen LogP contribution in [0.2, 0.25) is 0 Å². The van der Waals surface area contributed by atoms with Gasteiger partial charge in [0.05, 0.1) is 0 Å². The van der Waals surface area contributed by atoms with Gasteiger partial charge in [0.25, 0.3) is 0 Å². The van der Waals surface area contributed by atoms with E-state index in [9.17, 15) is 0 Å². The highest BCUT2D eigenvalue weighted by Gasteiger charge is 2.10. The zero-order valence-electron chi connectivity index (χ0n) is 5.47. The molecule has 1 N–H and O–H groups in total. The Morgan fingerprint density at radius 2 is 2.00 bits per heavy atom. The lowest BCUT2D eigenvalue weighted by Crippen LogP contribution is -2.24. The van der Waals surface area contributed by atoms with E-state index in [-0.39, 0.29) is 6.79 Å². The molecular weight excluding hydrogens is 108 g/mol. The molecule has 3 heteroatoms. The van der Waals surface area contributed by atoms with Crippen LogP contribution in [0.4, 0.5) is 0 Å². The lowest BCUT2D eigenvalue weighted by Gasteiger charge is -2.16. The summed E-state index contributed by atoms with van der Waals surface area (Å²) in [4.78, 5) is 0. The molecule has 0 rings (SSSR count). The van der Waals surface area contributed by atoms with Gasteiger partial charge in [-0.2, -0.15) is 0 Å². The highest BCUT2D eigenvalue weighted by Crippen LogP contribution is 2.01. The Bertz CT molecular complexity index is 55.2. The second-order valence-electron chi connectivity index (χ2n) is 2.00. The zero-order chi connectivity index (χ0) is 6.62. The van der Waals surface area contributed by atoms with E-state index in [0.29, 0.717) is 0 Å². The largest absolute Gasteiger partial charge is 0.366 e. The summed E-state index contributed by atoms with van der Waals surface area (Å²) in [5, 5.41) is 8.85. The summed E-state index contributed by atoms with van der Waals surface area (Å²) in [5.41, 5.74) is 0. The molecule has 0 unspecified atom stereocenters. The van der Waals surface area contributed by atoms with Crippen molar-refractivity contribution < 1.29 is 14.6 Å². The van der Waals surface area contributed by atoms with Crippen molar-refractivity contribution in [2.45, 2.75) is 19.6 Å². The SMILES string of the molecule is COCOC(C)(C)O. The second-order valence-corrected chi connectivity index (χ2v) is 2.00. The van der Waals surface area contributed by atoms with Crippen LogP contribution in [0.15, 0.2) is 0 Å². The molecule has 0 aromatic heterocycles. The molecule has 0 amide bonds. The quantitative estimate of drug-likeness (QED) is 0.546. The van der Waals surface area contributed by atoms with Gasteiger partial charge in [0, 0.05) is 7.11 Å². The van der Waals surface area contributed by atoms with Crippen LogP contribution in [-0.2, 0) is 9.47 Å². The van der Waals surface area contributed by atoms with E-state index in [2.05, 4.69) is 4.74 Å². The summed E-state index contributed by atoms with van der Waals surface area (Å²) in [7, 11) is 1.51. The third-order valence-corrected chi connectivity index (χ3v) is 0.530.